The number of fused-ring (bicyclic) bond motifs is 1. The van der Waals surface area contributed by atoms with Crippen LogP contribution in [-0.2, 0) is 19.1 Å². The van der Waals surface area contributed by atoms with Crippen molar-refractivity contribution in [2.45, 2.75) is 13.8 Å². The molecule has 4 heteroatoms. The minimum Gasteiger partial charge on any atom is -0.465 e. The van der Waals surface area contributed by atoms with Crippen molar-refractivity contribution >= 4 is 11.9 Å². The minimum absolute atomic E-state index is 0.0547. The molecule has 13 heavy (non-hydrogen) atoms. The summed E-state index contributed by atoms with van der Waals surface area (Å²) in [5.41, 5.74) is -0.935. The van der Waals surface area contributed by atoms with Gasteiger partial charge in [0, 0.05) is 5.92 Å². The second-order valence-electron chi connectivity index (χ2n) is 3.58. The highest BCUT2D eigenvalue weighted by Crippen LogP contribution is 2.63. The van der Waals surface area contributed by atoms with E-state index in [2.05, 4.69) is 0 Å². The van der Waals surface area contributed by atoms with Gasteiger partial charge in [-0.25, -0.2) is 0 Å². The van der Waals surface area contributed by atoms with Crippen molar-refractivity contribution in [3.05, 3.63) is 0 Å². The number of ether oxygens (including phenoxy) is 2. The summed E-state index contributed by atoms with van der Waals surface area (Å²) in [5, 5.41) is 0. The molecule has 1 saturated heterocycles. The predicted molar refractivity (Wildman–Crippen MR) is 42.7 cm³/mol. The zero-order valence-corrected chi connectivity index (χ0v) is 7.70. The van der Waals surface area contributed by atoms with E-state index < -0.39 is 17.4 Å². The third-order valence-electron chi connectivity index (χ3n) is 3.14. The Balaban J connectivity index is 2.20. The lowest BCUT2D eigenvalue weighted by atomic mass is 10.0. The molecule has 0 aromatic carbocycles. The number of hydrogen-bond donors (Lipinski definition) is 0. The van der Waals surface area contributed by atoms with Gasteiger partial charge in [0.1, 0.15) is 0 Å². The molecule has 72 valence electrons. The number of carbonyl (C=O) groups excluding carboxylic acids is 2. The average Bonchev–Trinajstić information content (AvgIpc) is 2.50. The third kappa shape index (κ3) is 0.806. The molecule has 2 rings (SSSR count). The summed E-state index contributed by atoms with van der Waals surface area (Å²) in [5.74, 6) is -0.662. The zero-order valence-electron chi connectivity index (χ0n) is 7.70. The zero-order chi connectivity index (χ0) is 9.64. The van der Waals surface area contributed by atoms with Crippen LogP contribution >= 0.6 is 0 Å². The second kappa shape index (κ2) is 2.47. The van der Waals surface area contributed by atoms with Gasteiger partial charge >= 0.3 is 11.9 Å². The Kier molecular flexibility index (Phi) is 1.62. The first-order valence-corrected chi connectivity index (χ1v) is 4.50. The van der Waals surface area contributed by atoms with Gasteiger partial charge in [-0.05, 0) is 12.8 Å². The highest BCUT2D eigenvalue weighted by Gasteiger charge is 2.78. The molecule has 0 aromatic rings. The van der Waals surface area contributed by atoms with E-state index in [0.29, 0.717) is 13.2 Å². The molecule has 2 aliphatic rings. The Bertz CT molecular complexity index is 273. The van der Waals surface area contributed by atoms with Gasteiger partial charge in [-0.15, -0.1) is 0 Å². The van der Waals surface area contributed by atoms with Crippen molar-refractivity contribution in [3.63, 3.8) is 0 Å². The standard InChI is InChI=1S/C9H12O4/c1-3-12-7(10)9-5(2)6(9)4-13-8(9)11/h5-6H,3-4H2,1-2H3/t5-,6?,9-/m0/s1. The third-order valence-corrected chi connectivity index (χ3v) is 3.14. The molecule has 1 aliphatic carbocycles. The number of cyclic esters (lactones) is 1. The molecular formula is C9H12O4. The molecule has 4 nitrogen and oxygen atoms in total. The molecule has 0 amide bonds. The van der Waals surface area contributed by atoms with Crippen molar-refractivity contribution in [1.29, 1.82) is 0 Å². The van der Waals surface area contributed by atoms with Crippen molar-refractivity contribution in [2.24, 2.45) is 17.3 Å². The number of hydrogen-bond acceptors (Lipinski definition) is 4. The first-order chi connectivity index (χ1) is 6.15. The highest BCUT2D eigenvalue weighted by atomic mass is 16.6. The van der Waals surface area contributed by atoms with Crippen molar-refractivity contribution in [2.75, 3.05) is 13.2 Å². The van der Waals surface area contributed by atoms with Gasteiger partial charge < -0.3 is 9.47 Å². The minimum atomic E-state index is -0.935. The molecule has 1 saturated carbocycles. The van der Waals surface area contributed by atoms with Crippen molar-refractivity contribution < 1.29 is 19.1 Å². The Hall–Kier alpha value is -1.06. The normalized spacial score (nSPS) is 40.9. The maximum atomic E-state index is 11.5. The second-order valence-corrected chi connectivity index (χ2v) is 3.58. The fourth-order valence-electron chi connectivity index (χ4n) is 2.22. The smallest absolute Gasteiger partial charge is 0.324 e. The lowest BCUT2D eigenvalue weighted by molar-refractivity contribution is -0.160. The Labute approximate surface area is 76.2 Å². The first-order valence-electron chi connectivity index (χ1n) is 4.50. The molecular weight excluding hydrogens is 172 g/mol. The van der Waals surface area contributed by atoms with E-state index in [1.807, 2.05) is 6.92 Å². The van der Waals surface area contributed by atoms with Crippen LogP contribution in [0, 0.1) is 17.3 Å². The van der Waals surface area contributed by atoms with E-state index in [1.54, 1.807) is 6.92 Å². The maximum absolute atomic E-state index is 11.5. The summed E-state index contributed by atoms with van der Waals surface area (Å²) in [6.45, 7) is 4.31. The van der Waals surface area contributed by atoms with Gasteiger partial charge in [0.25, 0.3) is 0 Å². The quantitative estimate of drug-likeness (QED) is 0.459. The van der Waals surface area contributed by atoms with Gasteiger partial charge in [-0.2, -0.15) is 0 Å². The number of carbonyl (C=O) groups is 2. The largest absolute Gasteiger partial charge is 0.465 e. The van der Waals surface area contributed by atoms with Crippen LogP contribution in [0.25, 0.3) is 0 Å². The summed E-state index contributed by atoms with van der Waals surface area (Å²) in [6, 6.07) is 0. The molecule has 0 N–H and O–H groups in total. The average molecular weight is 184 g/mol. The first kappa shape index (κ1) is 8.53. The predicted octanol–water partition coefficient (Wildman–Crippen LogP) is 0.359. The Morgan fingerprint density at radius 1 is 1.77 bits per heavy atom. The summed E-state index contributed by atoms with van der Waals surface area (Å²) in [4.78, 5) is 22.8. The van der Waals surface area contributed by atoms with Gasteiger partial charge in [0.2, 0.25) is 0 Å². The summed E-state index contributed by atoms with van der Waals surface area (Å²) < 4.78 is 9.69. The molecule has 2 fully saturated rings. The van der Waals surface area contributed by atoms with Crippen LogP contribution in [0.1, 0.15) is 13.8 Å². The maximum Gasteiger partial charge on any atom is 0.324 e. The van der Waals surface area contributed by atoms with Gasteiger partial charge in [0.15, 0.2) is 5.41 Å². The van der Waals surface area contributed by atoms with Gasteiger partial charge in [0.05, 0.1) is 13.2 Å². The lowest BCUT2D eigenvalue weighted by Gasteiger charge is -2.09. The van der Waals surface area contributed by atoms with Crippen LogP contribution in [0.15, 0.2) is 0 Å². The Morgan fingerprint density at radius 2 is 2.46 bits per heavy atom. The highest BCUT2D eigenvalue weighted by molar-refractivity contribution is 6.06. The number of esters is 2. The van der Waals surface area contributed by atoms with Crippen molar-refractivity contribution in [3.8, 4) is 0 Å². The molecule has 3 atom stereocenters. The van der Waals surface area contributed by atoms with Crippen LogP contribution < -0.4 is 0 Å². The van der Waals surface area contributed by atoms with Gasteiger partial charge in [-0.1, -0.05) is 6.92 Å². The summed E-state index contributed by atoms with van der Waals surface area (Å²) >= 11 is 0. The van der Waals surface area contributed by atoms with E-state index >= 15 is 0 Å². The SMILES string of the molecule is CCOC(=O)[C@@]12C(=O)OCC1[C@@H]2C. The molecule has 1 unspecified atom stereocenters. The van der Waals surface area contributed by atoms with Gasteiger partial charge in [-0.3, -0.25) is 9.59 Å². The monoisotopic (exact) mass is 184 g/mol. The van der Waals surface area contributed by atoms with Crippen LogP contribution in [0.4, 0.5) is 0 Å². The van der Waals surface area contributed by atoms with Crippen LogP contribution in [0.2, 0.25) is 0 Å². The molecule has 0 bridgehead atoms. The van der Waals surface area contributed by atoms with E-state index in [0.717, 1.165) is 0 Å². The van der Waals surface area contributed by atoms with Crippen molar-refractivity contribution in [1.82, 2.24) is 0 Å². The van der Waals surface area contributed by atoms with Crippen LogP contribution in [0.5, 0.6) is 0 Å². The summed E-state index contributed by atoms with van der Waals surface area (Å²) in [6.07, 6.45) is 0. The van der Waals surface area contributed by atoms with E-state index in [9.17, 15) is 9.59 Å². The number of rotatable bonds is 2. The fourth-order valence-corrected chi connectivity index (χ4v) is 2.22. The van der Waals surface area contributed by atoms with E-state index in [4.69, 9.17) is 9.47 Å². The van der Waals surface area contributed by atoms with Crippen LogP contribution in [0.3, 0.4) is 0 Å². The Morgan fingerprint density at radius 3 is 2.92 bits per heavy atom. The molecule has 1 heterocycles. The molecule has 0 spiro atoms. The molecule has 0 aromatic heterocycles. The molecule has 0 radical (unpaired) electrons. The summed E-state index contributed by atoms with van der Waals surface area (Å²) in [7, 11) is 0. The lowest BCUT2D eigenvalue weighted by Crippen LogP contribution is -2.28. The topological polar surface area (TPSA) is 52.6 Å². The van der Waals surface area contributed by atoms with E-state index in [1.165, 1.54) is 0 Å². The van der Waals surface area contributed by atoms with Crippen LogP contribution in [-0.4, -0.2) is 25.2 Å². The fraction of sp³-hybridized carbons (Fsp3) is 0.778. The van der Waals surface area contributed by atoms with E-state index in [-0.39, 0.29) is 11.8 Å². The molecule has 1 aliphatic heterocycles.